The zero-order valence-corrected chi connectivity index (χ0v) is 29.3. The van der Waals surface area contributed by atoms with Crippen LogP contribution in [0, 0.1) is 22.7 Å². The van der Waals surface area contributed by atoms with E-state index in [-0.39, 0.29) is 27.4 Å². The summed E-state index contributed by atoms with van der Waals surface area (Å²) in [5.74, 6) is -9.37. The van der Waals surface area contributed by atoms with Crippen molar-refractivity contribution in [3.8, 4) is 12.1 Å². The summed E-state index contributed by atoms with van der Waals surface area (Å²) in [6, 6.07) is 12.5. The first kappa shape index (κ1) is 41.1. The highest BCUT2D eigenvalue weighted by Crippen LogP contribution is 2.20. The van der Waals surface area contributed by atoms with E-state index in [1.165, 1.54) is 0 Å². The molecule has 0 atom stereocenters. The fraction of sp³-hybridized carbons (Fsp3) is 0.125. The SMILES string of the molecule is C=C(/N=C(\N=C(/N)Nc1cc(C(=O)O)cc(C(=O)O)c1)N(C)S(=O)(=O)CCCS(=O)(=O)c1ccc(C#N)c(C#N)c1)Nc1cc(C(=O)O)cc(C(=O)O)c1. The van der Waals surface area contributed by atoms with Gasteiger partial charge < -0.3 is 36.8 Å². The zero-order valence-electron chi connectivity index (χ0n) is 27.7. The second-order valence-electron chi connectivity index (χ2n) is 10.8. The van der Waals surface area contributed by atoms with Crippen molar-refractivity contribution in [2.75, 3.05) is 29.2 Å². The van der Waals surface area contributed by atoms with Crippen LogP contribution < -0.4 is 16.4 Å². The molecule has 0 unspecified atom stereocenters. The summed E-state index contributed by atoms with van der Waals surface area (Å²) in [6.45, 7) is 3.61. The number of carbonyl (C=O) groups is 4. The van der Waals surface area contributed by atoms with Crippen molar-refractivity contribution in [3.05, 3.63) is 100 Å². The second-order valence-corrected chi connectivity index (χ2v) is 15.0. The fourth-order valence-corrected chi connectivity index (χ4v) is 7.00. The molecule has 0 saturated carbocycles. The Morgan fingerprint density at radius 1 is 0.741 bits per heavy atom. The van der Waals surface area contributed by atoms with E-state index < -0.39 is 102 Å². The Balaban J connectivity index is 2.00. The van der Waals surface area contributed by atoms with Crippen molar-refractivity contribution in [3.63, 3.8) is 0 Å². The van der Waals surface area contributed by atoms with Gasteiger partial charge in [0.2, 0.25) is 21.9 Å². The lowest BCUT2D eigenvalue weighted by molar-refractivity contribution is 0.0676. The number of aliphatic imine (C=N–C) groups is 2. The number of guanidine groups is 2. The minimum Gasteiger partial charge on any atom is -0.478 e. The summed E-state index contributed by atoms with van der Waals surface area (Å²) in [7, 11) is -7.73. The Morgan fingerprint density at radius 3 is 1.65 bits per heavy atom. The predicted octanol–water partition coefficient (Wildman–Crippen LogP) is 2.01. The maximum Gasteiger partial charge on any atom is 0.335 e. The van der Waals surface area contributed by atoms with Gasteiger partial charge in [-0.15, -0.1) is 0 Å². The van der Waals surface area contributed by atoms with E-state index >= 15 is 0 Å². The molecule has 22 heteroatoms. The van der Waals surface area contributed by atoms with E-state index in [0.29, 0.717) is 4.31 Å². The van der Waals surface area contributed by atoms with E-state index in [9.17, 15) is 61.7 Å². The molecule has 0 aliphatic carbocycles. The summed E-state index contributed by atoms with van der Waals surface area (Å²) >= 11 is 0. The van der Waals surface area contributed by atoms with Crippen LogP contribution in [0.3, 0.4) is 0 Å². The number of rotatable bonds is 14. The van der Waals surface area contributed by atoms with Crippen LogP contribution in [0.15, 0.2) is 81.9 Å². The van der Waals surface area contributed by atoms with Crippen molar-refractivity contribution in [1.82, 2.24) is 4.31 Å². The molecular formula is C32H28N8O12S2. The molecule has 0 radical (unpaired) electrons. The molecule has 0 fully saturated rings. The predicted molar refractivity (Wildman–Crippen MR) is 190 cm³/mol. The number of nitrogens with two attached hydrogens (primary N) is 1. The summed E-state index contributed by atoms with van der Waals surface area (Å²) in [5.41, 5.74) is 3.57. The van der Waals surface area contributed by atoms with Crippen molar-refractivity contribution < 1.29 is 56.4 Å². The molecule has 8 N–H and O–H groups in total. The quantitative estimate of drug-likeness (QED) is 0.0908. The van der Waals surface area contributed by atoms with Gasteiger partial charge in [-0.05, 0) is 61.0 Å². The number of carboxylic acid groups (broad SMARTS) is 4. The summed E-state index contributed by atoms with van der Waals surface area (Å²) < 4.78 is 53.3. The van der Waals surface area contributed by atoms with Gasteiger partial charge in [-0.3, -0.25) is 0 Å². The fourth-order valence-electron chi connectivity index (χ4n) is 4.38. The van der Waals surface area contributed by atoms with Gasteiger partial charge in [0.05, 0.1) is 49.8 Å². The van der Waals surface area contributed by atoms with E-state index in [1.807, 2.05) is 0 Å². The zero-order chi connectivity index (χ0) is 40.5. The summed E-state index contributed by atoms with van der Waals surface area (Å²) in [4.78, 5) is 53.8. The third-order valence-corrected chi connectivity index (χ3v) is 10.6. The standard InChI is InChI=1S/C32H28N8O12S2/c1-17(36-24-10-19(27(41)42)8-20(11-24)28(43)44)37-32(39-31(35)38-25-12-21(29(45)46)9-22(13-25)30(47)48)40(2)54(51,52)7-3-6-53(49,50)26-5-4-18(15-33)23(14-26)16-34/h4-5,8-14,36H,1,3,6-7H2,2H3,(H,41,42)(H,43,44)(H,45,46)(H,47,48)(H3,35,37,38,39). The molecule has 0 aromatic heterocycles. The molecule has 54 heavy (non-hydrogen) atoms. The van der Waals surface area contributed by atoms with Crippen LogP contribution in [0.1, 0.15) is 59.0 Å². The van der Waals surface area contributed by atoms with Crippen LogP contribution in [0.2, 0.25) is 0 Å². The van der Waals surface area contributed by atoms with Crippen LogP contribution in [0.25, 0.3) is 0 Å². The Kier molecular flexibility index (Phi) is 12.8. The number of benzene rings is 3. The number of sulfone groups is 1. The Labute approximate surface area is 306 Å². The average Bonchev–Trinajstić information content (AvgIpc) is 3.09. The van der Waals surface area contributed by atoms with Crippen molar-refractivity contribution in [1.29, 1.82) is 10.5 Å². The molecule has 3 aromatic rings. The van der Waals surface area contributed by atoms with Gasteiger partial charge in [-0.25, -0.2) is 40.3 Å². The number of carboxylic acids is 4. The van der Waals surface area contributed by atoms with Crippen molar-refractivity contribution in [2.45, 2.75) is 11.3 Å². The number of hydrogen-bond acceptors (Lipinski definition) is 12. The first-order valence-electron chi connectivity index (χ1n) is 14.7. The number of sulfonamides is 1. The van der Waals surface area contributed by atoms with E-state index in [2.05, 4.69) is 27.2 Å². The average molecular weight is 781 g/mol. The van der Waals surface area contributed by atoms with Crippen LogP contribution in [0.4, 0.5) is 11.4 Å². The highest BCUT2D eigenvalue weighted by molar-refractivity contribution is 7.91. The van der Waals surface area contributed by atoms with Crippen LogP contribution in [-0.2, 0) is 19.9 Å². The molecule has 0 aliphatic heterocycles. The second kappa shape index (κ2) is 16.8. The lowest BCUT2D eigenvalue weighted by Gasteiger charge is -2.20. The monoisotopic (exact) mass is 780 g/mol. The number of hydrogen-bond donors (Lipinski definition) is 7. The Hall–Kier alpha value is -7.30. The van der Waals surface area contributed by atoms with Crippen LogP contribution in [-0.4, -0.2) is 95.9 Å². The van der Waals surface area contributed by atoms with Gasteiger partial charge in [0, 0.05) is 18.4 Å². The van der Waals surface area contributed by atoms with E-state index in [4.69, 9.17) is 11.0 Å². The number of nitrogens with one attached hydrogen (secondary N) is 2. The molecule has 0 amide bonds. The molecule has 3 rings (SSSR count). The topological polar surface area (TPSA) is 343 Å². The molecule has 20 nitrogen and oxygen atoms in total. The van der Waals surface area contributed by atoms with Gasteiger partial charge in [0.1, 0.15) is 18.0 Å². The number of nitriles is 2. The van der Waals surface area contributed by atoms with Crippen LogP contribution in [0.5, 0.6) is 0 Å². The van der Waals surface area contributed by atoms with Gasteiger partial charge >= 0.3 is 23.9 Å². The van der Waals surface area contributed by atoms with E-state index in [0.717, 1.165) is 61.6 Å². The molecule has 0 saturated heterocycles. The Morgan fingerprint density at radius 2 is 1.20 bits per heavy atom. The molecular weight excluding hydrogens is 753 g/mol. The molecule has 280 valence electrons. The smallest absolute Gasteiger partial charge is 0.335 e. The normalized spacial score (nSPS) is 11.8. The Bertz CT molecular complexity index is 2380. The number of aromatic carboxylic acids is 4. The first-order chi connectivity index (χ1) is 25.2. The van der Waals surface area contributed by atoms with Crippen molar-refractivity contribution in [2.24, 2.45) is 15.7 Å². The first-order valence-corrected chi connectivity index (χ1v) is 18.0. The van der Waals surface area contributed by atoms with Gasteiger partial charge in [0.15, 0.2) is 9.84 Å². The van der Waals surface area contributed by atoms with Gasteiger partial charge in [-0.1, -0.05) is 6.58 Å². The maximum atomic E-state index is 13.5. The number of nitrogens with zero attached hydrogens (tertiary/aromatic N) is 5. The van der Waals surface area contributed by atoms with E-state index in [1.54, 1.807) is 12.1 Å². The maximum absolute atomic E-state index is 13.5. The largest absolute Gasteiger partial charge is 0.478 e. The molecule has 3 aromatic carbocycles. The third kappa shape index (κ3) is 10.6. The van der Waals surface area contributed by atoms with Gasteiger partial charge in [0.25, 0.3) is 0 Å². The summed E-state index contributed by atoms with van der Waals surface area (Å²) in [6.07, 6.45) is -0.499. The van der Waals surface area contributed by atoms with Crippen molar-refractivity contribution >= 4 is 67.0 Å². The molecule has 0 spiro atoms. The minimum absolute atomic E-state index is 0.0632. The number of anilines is 2. The molecule has 0 aliphatic rings. The lowest BCUT2D eigenvalue weighted by atomic mass is 10.1. The van der Waals surface area contributed by atoms with Gasteiger partial charge in [-0.2, -0.15) is 20.5 Å². The summed E-state index contributed by atoms with van der Waals surface area (Å²) in [5, 5.41) is 60.8. The highest BCUT2D eigenvalue weighted by atomic mass is 32.2. The molecule has 0 bridgehead atoms. The highest BCUT2D eigenvalue weighted by Gasteiger charge is 2.25. The lowest BCUT2D eigenvalue weighted by Crippen LogP contribution is -2.37. The minimum atomic E-state index is -4.52. The molecule has 0 heterocycles. The van der Waals surface area contributed by atoms with Crippen LogP contribution >= 0.6 is 0 Å². The third-order valence-electron chi connectivity index (χ3n) is 6.98.